The molecule has 0 fully saturated rings. The fraction of sp³-hybridized carbons (Fsp3) is 0.286. The molecule has 0 aromatic heterocycles. The van der Waals surface area contributed by atoms with Crippen LogP contribution in [0.1, 0.15) is 47.7 Å². The van der Waals surface area contributed by atoms with E-state index in [0.717, 1.165) is 11.3 Å². The molecule has 9 heteroatoms. The normalized spacial score (nSPS) is 19.0. The Morgan fingerprint density at radius 2 is 2.00 bits per heavy atom. The quantitative estimate of drug-likeness (QED) is 0.417. The number of hydrogen-bond acceptors (Lipinski definition) is 4. The highest BCUT2D eigenvalue weighted by molar-refractivity contribution is 6.30. The molecule has 0 saturated carbocycles. The molecule has 0 radical (unpaired) electrons. The van der Waals surface area contributed by atoms with Gasteiger partial charge in [-0.3, -0.25) is 4.99 Å². The van der Waals surface area contributed by atoms with Gasteiger partial charge in [0.1, 0.15) is 11.5 Å². The van der Waals surface area contributed by atoms with Gasteiger partial charge >= 0.3 is 12.1 Å². The van der Waals surface area contributed by atoms with Crippen LogP contribution < -0.4 is 4.74 Å². The lowest BCUT2D eigenvalue weighted by molar-refractivity contribution is -0.132. The molecule has 2 aliphatic heterocycles. The zero-order chi connectivity index (χ0) is 26.7. The Hall–Kier alpha value is -3.52. The number of carboxylic acids is 1. The number of aryl methyl sites for hydroxylation is 1. The minimum absolute atomic E-state index is 0.120. The average molecular weight is 531 g/mol. The van der Waals surface area contributed by atoms with Gasteiger partial charge in [-0.15, -0.1) is 0 Å². The van der Waals surface area contributed by atoms with Crippen molar-refractivity contribution in [2.75, 3.05) is 6.54 Å². The summed E-state index contributed by atoms with van der Waals surface area (Å²) in [6.45, 7) is 3.38. The largest absolute Gasteiger partial charge is 0.478 e. The van der Waals surface area contributed by atoms with Crippen LogP contribution in [-0.2, 0) is 0 Å². The van der Waals surface area contributed by atoms with Gasteiger partial charge in [-0.05, 0) is 60.7 Å². The van der Waals surface area contributed by atoms with E-state index in [2.05, 4.69) is 11.1 Å². The number of alkyl halides is 3. The van der Waals surface area contributed by atoms with E-state index in [-0.39, 0.29) is 17.9 Å². The average Bonchev–Trinajstić information content (AvgIpc) is 2.97. The molecular weight excluding hydrogens is 505 g/mol. The van der Waals surface area contributed by atoms with Crippen molar-refractivity contribution < 1.29 is 27.8 Å². The van der Waals surface area contributed by atoms with Gasteiger partial charge in [-0.1, -0.05) is 42.8 Å². The molecule has 0 amide bonds. The number of ether oxygens (including phenoxy) is 1. The maximum absolute atomic E-state index is 12.9. The van der Waals surface area contributed by atoms with Crippen LogP contribution in [0.3, 0.4) is 0 Å². The molecule has 0 aliphatic carbocycles. The minimum Gasteiger partial charge on any atom is -0.478 e. The lowest BCUT2D eigenvalue weighted by Gasteiger charge is -2.32. The third-order valence-electron chi connectivity index (χ3n) is 6.05. The second-order valence-electron chi connectivity index (χ2n) is 9.08. The molecule has 2 aromatic rings. The molecule has 1 N–H and O–H groups in total. The third-order valence-corrected chi connectivity index (χ3v) is 6.29. The highest BCUT2D eigenvalue weighted by Crippen LogP contribution is 2.37. The van der Waals surface area contributed by atoms with Gasteiger partial charge in [0, 0.05) is 23.5 Å². The summed E-state index contributed by atoms with van der Waals surface area (Å²) in [6, 6.07) is 12.0. The number of aliphatic imine (C=N–C) groups is 1. The molecule has 1 unspecified atom stereocenters. The van der Waals surface area contributed by atoms with Crippen molar-refractivity contribution in [1.82, 2.24) is 4.90 Å². The Balaban J connectivity index is 1.78. The maximum atomic E-state index is 12.9. The van der Waals surface area contributed by atoms with Crippen LogP contribution in [0.25, 0.3) is 5.70 Å². The maximum Gasteiger partial charge on any atom is 0.390 e. The van der Waals surface area contributed by atoms with Gasteiger partial charge in [-0.2, -0.15) is 13.2 Å². The summed E-state index contributed by atoms with van der Waals surface area (Å²) in [6.07, 6.45) is 1.39. The Labute approximate surface area is 218 Å². The number of carbonyl (C=O) groups is 1. The zero-order valence-electron chi connectivity index (χ0n) is 20.3. The second-order valence-corrected chi connectivity index (χ2v) is 9.52. The van der Waals surface area contributed by atoms with Gasteiger partial charge in [0.25, 0.3) is 0 Å². The van der Waals surface area contributed by atoms with Crippen molar-refractivity contribution >= 4 is 29.0 Å². The van der Waals surface area contributed by atoms with Gasteiger partial charge in [-0.25, -0.2) is 4.79 Å². The number of aromatic carboxylic acids is 1. The zero-order valence-corrected chi connectivity index (χ0v) is 21.1. The lowest BCUT2D eigenvalue weighted by Crippen LogP contribution is -2.28. The SMILES string of the molecule is Cc1cc(C2=CC(C)CC=C3C(=NCCC(F)(F)F)CC(Oc4cccc(Cl)c4)=CN32)ccc1C(=O)O. The first-order valence-corrected chi connectivity index (χ1v) is 12.2. The fourth-order valence-electron chi connectivity index (χ4n) is 4.28. The third kappa shape index (κ3) is 6.63. The highest BCUT2D eigenvalue weighted by atomic mass is 35.5. The van der Waals surface area contributed by atoms with E-state index in [1.807, 2.05) is 17.9 Å². The number of hydrogen-bond donors (Lipinski definition) is 1. The fourth-order valence-corrected chi connectivity index (χ4v) is 4.46. The lowest BCUT2D eigenvalue weighted by atomic mass is 9.99. The van der Waals surface area contributed by atoms with Crippen LogP contribution in [0.5, 0.6) is 5.75 Å². The van der Waals surface area contributed by atoms with E-state index in [1.165, 1.54) is 0 Å². The van der Waals surface area contributed by atoms with E-state index in [0.29, 0.717) is 39.9 Å². The van der Waals surface area contributed by atoms with Crippen molar-refractivity contribution in [1.29, 1.82) is 0 Å². The predicted octanol–water partition coefficient (Wildman–Crippen LogP) is 7.63. The monoisotopic (exact) mass is 530 g/mol. The van der Waals surface area contributed by atoms with Gasteiger partial charge in [0.05, 0.1) is 29.8 Å². The molecule has 0 bridgehead atoms. The molecule has 194 valence electrons. The van der Waals surface area contributed by atoms with E-state index in [9.17, 15) is 23.1 Å². The van der Waals surface area contributed by atoms with Crippen LogP contribution in [0, 0.1) is 12.8 Å². The van der Waals surface area contributed by atoms with Gasteiger partial charge in [0.15, 0.2) is 0 Å². The van der Waals surface area contributed by atoms with Crippen LogP contribution in [-0.4, -0.2) is 34.4 Å². The van der Waals surface area contributed by atoms with E-state index < -0.39 is 25.1 Å². The van der Waals surface area contributed by atoms with Crippen molar-refractivity contribution in [3.05, 3.63) is 94.0 Å². The molecule has 2 heterocycles. The summed E-state index contributed by atoms with van der Waals surface area (Å²) in [4.78, 5) is 17.7. The summed E-state index contributed by atoms with van der Waals surface area (Å²) < 4.78 is 44.7. The number of nitrogens with zero attached hydrogens (tertiary/aromatic N) is 2. The summed E-state index contributed by atoms with van der Waals surface area (Å²) in [5.74, 6) is 0.0948. The van der Waals surface area contributed by atoms with E-state index in [4.69, 9.17) is 16.3 Å². The second kappa shape index (κ2) is 10.8. The van der Waals surface area contributed by atoms with Crippen LogP contribution in [0.15, 0.2) is 77.3 Å². The summed E-state index contributed by atoms with van der Waals surface area (Å²) in [5, 5.41) is 9.94. The minimum atomic E-state index is -4.31. The molecule has 4 rings (SSSR count). The molecule has 5 nitrogen and oxygen atoms in total. The Morgan fingerprint density at radius 1 is 1.22 bits per heavy atom. The number of allylic oxidation sites excluding steroid dienone is 4. The van der Waals surface area contributed by atoms with Gasteiger partial charge in [0.2, 0.25) is 0 Å². The van der Waals surface area contributed by atoms with Crippen LogP contribution in [0.2, 0.25) is 5.02 Å². The number of fused-ring (bicyclic) bond motifs is 1. The highest BCUT2D eigenvalue weighted by Gasteiger charge is 2.30. The molecule has 0 spiro atoms. The molecule has 37 heavy (non-hydrogen) atoms. The summed E-state index contributed by atoms with van der Waals surface area (Å²) >= 11 is 6.10. The van der Waals surface area contributed by atoms with Crippen molar-refractivity contribution in [3.8, 4) is 5.75 Å². The standard InChI is InChI=1S/C28H26ClF3N2O3/c1-17-6-9-25-24(33-11-10-28(30,31)32)15-22(37-21-5-3-4-20(29)14-21)16-34(25)26(12-17)19-7-8-23(27(35)36)18(2)13-19/h3-5,7-9,12-14,16-17H,6,10-11,15H2,1-2H3,(H,35,36). The Bertz CT molecular complexity index is 1330. The van der Waals surface area contributed by atoms with E-state index in [1.54, 1.807) is 55.6 Å². The first kappa shape index (κ1) is 26.5. The molecular formula is C28H26ClF3N2O3. The molecule has 2 aromatic carbocycles. The number of benzene rings is 2. The number of carboxylic acid groups (broad SMARTS) is 1. The smallest absolute Gasteiger partial charge is 0.390 e. The first-order chi connectivity index (χ1) is 17.5. The molecule has 0 saturated heterocycles. The van der Waals surface area contributed by atoms with E-state index >= 15 is 0 Å². The summed E-state index contributed by atoms with van der Waals surface area (Å²) in [7, 11) is 0. The van der Waals surface area contributed by atoms with Gasteiger partial charge < -0.3 is 14.7 Å². The number of rotatable bonds is 6. The van der Waals surface area contributed by atoms with Crippen molar-refractivity contribution in [2.45, 2.75) is 39.3 Å². The molecule has 1 atom stereocenters. The topological polar surface area (TPSA) is 62.1 Å². The Morgan fingerprint density at radius 3 is 2.68 bits per heavy atom. The number of halogens is 4. The molecule has 2 aliphatic rings. The van der Waals surface area contributed by atoms with Crippen LogP contribution in [0.4, 0.5) is 13.2 Å². The van der Waals surface area contributed by atoms with Crippen molar-refractivity contribution in [2.24, 2.45) is 10.9 Å². The Kier molecular flexibility index (Phi) is 7.78. The predicted molar refractivity (Wildman–Crippen MR) is 138 cm³/mol. The summed E-state index contributed by atoms with van der Waals surface area (Å²) in [5.41, 5.74) is 3.53. The van der Waals surface area contributed by atoms with Crippen molar-refractivity contribution in [3.63, 3.8) is 0 Å². The van der Waals surface area contributed by atoms with Crippen LogP contribution >= 0.6 is 11.6 Å². The first-order valence-electron chi connectivity index (χ1n) is 11.8.